The summed E-state index contributed by atoms with van der Waals surface area (Å²) in [7, 11) is 0. The molecule has 1 atom stereocenters. The molecule has 0 aliphatic carbocycles. The molecule has 7 heteroatoms. The minimum Gasteiger partial charge on any atom is -0.376 e. The smallest absolute Gasteiger partial charge is 0.314 e. The Morgan fingerprint density at radius 2 is 2.04 bits per heavy atom. The molecular formula is C16H25N5O2. The van der Waals surface area contributed by atoms with Gasteiger partial charge in [0.05, 0.1) is 12.3 Å². The van der Waals surface area contributed by atoms with Crippen molar-refractivity contribution in [1.29, 1.82) is 0 Å². The lowest BCUT2D eigenvalue weighted by molar-refractivity contribution is 0.111. The van der Waals surface area contributed by atoms with Gasteiger partial charge in [0.2, 0.25) is 0 Å². The SMILES string of the molecule is O=C(NCC1CCN(c2cnccn2)CC1)NC[C@@H]1CCCO1. The van der Waals surface area contributed by atoms with Gasteiger partial charge in [0.15, 0.2) is 0 Å². The molecule has 2 saturated heterocycles. The standard InChI is InChI=1S/C16H25N5O2/c22-16(20-11-14-2-1-9-23-14)19-10-13-3-7-21(8-4-13)15-12-17-5-6-18-15/h5-6,12-14H,1-4,7-11H2,(H2,19,20,22)/t14-/m0/s1. The number of aromatic nitrogens is 2. The molecule has 2 aliphatic rings. The lowest BCUT2D eigenvalue weighted by Gasteiger charge is -2.32. The maximum Gasteiger partial charge on any atom is 0.314 e. The van der Waals surface area contributed by atoms with Crippen molar-refractivity contribution >= 4 is 11.8 Å². The Bertz CT molecular complexity index is 485. The highest BCUT2D eigenvalue weighted by atomic mass is 16.5. The number of rotatable bonds is 5. The molecule has 3 heterocycles. The maximum absolute atomic E-state index is 11.8. The van der Waals surface area contributed by atoms with Crippen LogP contribution in [0.1, 0.15) is 25.7 Å². The van der Waals surface area contributed by atoms with E-state index in [9.17, 15) is 4.79 Å². The van der Waals surface area contributed by atoms with Crippen molar-refractivity contribution < 1.29 is 9.53 Å². The number of urea groups is 1. The first-order chi connectivity index (χ1) is 11.3. The van der Waals surface area contributed by atoms with Gasteiger partial charge in [-0.3, -0.25) is 4.98 Å². The number of nitrogens with one attached hydrogen (secondary N) is 2. The Labute approximate surface area is 136 Å². The molecule has 3 rings (SSSR count). The molecule has 2 aliphatic heterocycles. The highest BCUT2D eigenvalue weighted by molar-refractivity contribution is 5.73. The Morgan fingerprint density at radius 1 is 1.22 bits per heavy atom. The van der Waals surface area contributed by atoms with Gasteiger partial charge in [0.25, 0.3) is 0 Å². The number of anilines is 1. The lowest BCUT2D eigenvalue weighted by Crippen LogP contribution is -2.43. The van der Waals surface area contributed by atoms with E-state index >= 15 is 0 Å². The predicted octanol–water partition coefficient (Wildman–Crippen LogP) is 1.17. The van der Waals surface area contributed by atoms with Crippen LogP contribution < -0.4 is 15.5 Å². The highest BCUT2D eigenvalue weighted by Gasteiger charge is 2.21. The summed E-state index contributed by atoms with van der Waals surface area (Å²) in [4.78, 5) is 22.5. The van der Waals surface area contributed by atoms with Crippen LogP contribution in [0.15, 0.2) is 18.6 Å². The van der Waals surface area contributed by atoms with Crippen molar-refractivity contribution in [3.63, 3.8) is 0 Å². The monoisotopic (exact) mass is 319 g/mol. The number of hydrogen-bond donors (Lipinski definition) is 2. The number of ether oxygens (including phenoxy) is 1. The van der Waals surface area contributed by atoms with Gasteiger partial charge in [-0.15, -0.1) is 0 Å². The van der Waals surface area contributed by atoms with Crippen LogP contribution in [0.25, 0.3) is 0 Å². The maximum atomic E-state index is 11.8. The van der Waals surface area contributed by atoms with Crippen molar-refractivity contribution in [1.82, 2.24) is 20.6 Å². The average molecular weight is 319 g/mol. The Hall–Kier alpha value is -1.89. The van der Waals surface area contributed by atoms with E-state index in [1.165, 1.54) is 0 Å². The summed E-state index contributed by atoms with van der Waals surface area (Å²) < 4.78 is 5.49. The Kier molecular flexibility index (Phi) is 5.63. The topological polar surface area (TPSA) is 79.4 Å². The fourth-order valence-corrected chi connectivity index (χ4v) is 3.13. The summed E-state index contributed by atoms with van der Waals surface area (Å²) in [5.41, 5.74) is 0. The van der Waals surface area contributed by atoms with Gasteiger partial charge in [-0.05, 0) is 31.6 Å². The van der Waals surface area contributed by atoms with E-state index in [1.54, 1.807) is 18.6 Å². The summed E-state index contributed by atoms with van der Waals surface area (Å²) in [6.45, 7) is 4.08. The third-order valence-corrected chi connectivity index (χ3v) is 4.55. The van der Waals surface area contributed by atoms with E-state index in [1.807, 2.05) is 0 Å². The first-order valence-electron chi connectivity index (χ1n) is 8.45. The summed E-state index contributed by atoms with van der Waals surface area (Å²) in [6.07, 6.45) is 9.66. The van der Waals surface area contributed by atoms with E-state index in [0.717, 1.165) is 57.7 Å². The first-order valence-corrected chi connectivity index (χ1v) is 8.45. The quantitative estimate of drug-likeness (QED) is 0.852. The van der Waals surface area contributed by atoms with Crippen LogP contribution in [-0.2, 0) is 4.74 Å². The van der Waals surface area contributed by atoms with Gasteiger partial charge in [-0.2, -0.15) is 0 Å². The second-order valence-corrected chi connectivity index (χ2v) is 6.22. The molecule has 0 spiro atoms. The van der Waals surface area contributed by atoms with Crippen molar-refractivity contribution in [3.8, 4) is 0 Å². The van der Waals surface area contributed by atoms with Crippen LogP contribution in [-0.4, -0.2) is 54.9 Å². The van der Waals surface area contributed by atoms with E-state index in [-0.39, 0.29) is 12.1 Å². The first kappa shape index (κ1) is 16.0. The molecule has 126 valence electrons. The number of piperidine rings is 1. The summed E-state index contributed by atoms with van der Waals surface area (Å²) >= 11 is 0. The van der Waals surface area contributed by atoms with Gasteiger partial charge in [-0.25, -0.2) is 9.78 Å². The molecule has 23 heavy (non-hydrogen) atoms. The lowest BCUT2D eigenvalue weighted by atomic mass is 9.97. The third-order valence-electron chi connectivity index (χ3n) is 4.55. The molecular weight excluding hydrogens is 294 g/mol. The average Bonchev–Trinajstić information content (AvgIpc) is 3.13. The second-order valence-electron chi connectivity index (χ2n) is 6.22. The van der Waals surface area contributed by atoms with E-state index in [2.05, 4.69) is 25.5 Å². The molecule has 2 N–H and O–H groups in total. The zero-order chi connectivity index (χ0) is 15.9. The minimum atomic E-state index is -0.0862. The van der Waals surface area contributed by atoms with Crippen molar-refractivity contribution in [2.24, 2.45) is 5.92 Å². The van der Waals surface area contributed by atoms with Gasteiger partial charge in [-0.1, -0.05) is 0 Å². The fourth-order valence-electron chi connectivity index (χ4n) is 3.13. The number of hydrogen-bond acceptors (Lipinski definition) is 5. The van der Waals surface area contributed by atoms with Crippen LogP contribution in [0.2, 0.25) is 0 Å². The molecule has 1 aromatic rings. The molecule has 1 aromatic heterocycles. The normalized spacial score (nSPS) is 22.1. The van der Waals surface area contributed by atoms with Gasteiger partial charge < -0.3 is 20.3 Å². The van der Waals surface area contributed by atoms with Crippen molar-refractivity contribution in [2.75, 3.05) is 37.7 Å². The van der Waals surface area contributed by atoms with Gasteiger partial charge in [0.1, 0.15) is 5.82 Å². The number of carbonyl (C=O) groups is 1. The molecule has 0 unspecified atom stereocenters. The highest BCUT2D eigenvalue weighted by Crippen LogP contribution is 2.20. The number of amides is 2. The number of carbonyl (C=O) groups excluding carboxylic acids is 1. The molecule has 0 aromatic carbocycles. The molecule has 7 nitrogen and oxygen atoms in total. The summed E-state index contributed by atoms with van der Waals surface area (Å²) in [6, 6.07) is -0.0862. The van der Waals surface area contributed by atoms with Crippen LogP contribution in [0.5, 0.6) is 0 Å². The van der Waals surface area contributed by atoms with E-state index in [0.29, 0.717) is 12.5 Å². The predicted molar refractivity (Wildman–Crippen MR) is 87.3 cm³/mol. The minimum absolute atomic E-state index is 0.0862. The zero-order valence-corrected chi connectivity index (χ0v) is 13.4. The fraction of sp³-hybridized carbons (Fsp3) is 0.688. The summed E-state index contributed by atoms with van der Waals surface area (Å²) in [5.74, 6) is 1.46. The second kappa shape index (κ2) is 8.10. The Balaban J connectivity index is 1.32. The number of nitrogens with zero attached hydrogens (tertiary/aromatic N) is 3. The van der Waals surface area contributed by atoms with E-state index in [4.69, 9.17) is 4.74 Å². The third kappa shape index (κ3) is 4.79. The molecule has 0 radical (unpaired) electrons. The van der Waals surface area contributed by atoms with Crippen molar-refractivity contribution in [2.45, 2.75) is 31.8 Å². The largest absolute Gasteiger partial charge is 0.376 e. The Morgan fingerprint density at radius 3 is 2.74 bits per heavy atom. The van der Waals surface area contributed by atoms with Crippen LogP contribution in [0.4, 0.5) is 10.6 Å². The zero-order valence-electron chi connectivity index (χ0n) is 13.4. The van der Waals surface area contributed by atoms with Crippen LogP contribution in [0.3, 0.4) is 0 Å². The van der Waals surface area contributed by atoms with E-state index < -0.39 is 0 Å². The van der Waals surface area contributed by atoms with Gasteiger partial charge in [0, 0.05) is 45.2 Å². The summed E-state index contributed by atoms with van der Waals surface area (Å²) in [5, 5.41) is 5.87. The molecule has 0 bridgehead atoms. The molecule has 2 amide bonds. The van der Waals surface area contributed by atoms with Crippen molar-refractivity contribution in [3.05, 3.63) is 18.6 Å². The van der Waals surface area contributed by atoms with Crippen LogP contribution >= 0.6 is 0 Å². The molecule has 0 saturated carbocycles. The van der Waals surface area contributed by atoms with Gasteiger partial charge >= 0.3 is 6.03 Å². The van der Waals surface area contributed by atoms with Crippen LogP contribution in [0, 0.1) is 5.92 Å². The molecule has 2 fully saturated rings.